The molecule has 0 saturated carbocycles. The Balaban J connectivity index is 1.48. The zero-order chi connectivity index (χ0) is 27.2. The van der Waals surface area contributed by atoms with Gasteiger partial charge >= 0.3 is 0 Å². The average molecular weight is 525 g/mol. The van der Waals surface area contributed by atoms with Crippen molar-refractivity contribution < 1.29 is 28.2 Å². The Kier molecular flexibility index (Phi) is 7.63. The van der Waals surface area contributed by atoms with E-state index in [0.29, 0.717) is 34.3 Å². The minimum atomic E-state index is -0.938. The van der Waals surface area contributed by atoms with E-state index < -0.39 is 6.04 Å². The lowest BCUT2D eigenvalue weighted by atomic mass is 10.0. The van der Waals surface area contributed by atoms with Crippen LogP contribution in [0.3, 0.4) is 0 Å². The lowest BCUT2D eigenvalue weighted by molar-refractivity contribution is -0.136. The summed E-state index contributed by atoms with van der Waals surface area (Å²) in [5, 5.41) is 2.95. The molecule has 0 fully saturated rings. The summed E-state index contributed by atoms with van der Waals surface area (Å²) in [5.74, 6) is 1.78. The number of aryl methyl sites for hydroxylation is 1. The van der Waals surface area contributed by atoms with Crippen LogP contribution >= 0.6 is 0 Å². The molecule has 0 spiro atoms. The molecule has 1 aliphatic heterocycles. The predicted octanol–water partition coefficient (Wildman–Crippen LogP) is 5.75. The minimum absolute atomic E-state index is 0.0892. The number of nitrogens with one attached hydrogen (secondary N) is 1. The van der Waals surface area contributed by atoms with Crippen molar-refractivity contribution in [3.63, 3.8) is 0 Å². The Labute approximate surface area is 226 Å². The smallest absolute Gasteiger partial charge is 0.251 e. The molecule has 0 unspecified atom stereocenters. The van der Waals surface area contributed by atoms with Gasteiger partial charge in [-0.05, 0) is 72.7 Å². The Hall–Kier alpha value is -4.98. The molecule has 0 aliphatic carbocycles. The van der Waals surface area contributed by atoms with Gasteiger partial charge in [0.05, 0.1) is 19.9 Å². The second kappa shape index (κ2) is 11.6. The van der Waals surface area contributed by atoms with E-state index in [4.69, 9.17) is 18.6 Å². The lowest BCUT2D eigenvalue weighted by Gasteiger charge is -2.30. The molecule has 2 heterocycles. The van der Waals surface area contributed by atoms with Crippen molar-refractivity contribution in [3.8, 4) is 17.2 Å². The molecular weight excluding hydrogens is 496 g/mol. The van der Waals surface area contributed by atoms with E-state index >= 15 is 0 Å². The lowest BCUT2D eigenvalue weighted by Crippen LogP contribution is -2.40. The van der Waals surface area contributed by atoms with Crippen LogP contribution in [0.4, 0.5) is 5.69 Å². The van der Waals surface area contributed by atoms with Crippen molar-refractivity contribution in [2.24, 2.45) is 0 Å². The zero-order valence-electron chi connectivity index (χ0n) is 21.6. The number of ether oxygens (including phenoxy) is 3. The van der Waals surface area contributed by atoms with Crippen molar-refractivity contribution in [2.75, 3.05) is 19.2 Å². The summed E-state index contributed by atoms with van der Waals surface area (Å²) >= 11 is 0. The predicted molar refractivity (Wildman–Crippen MR) is 146 cm³/mol. The summed E-state index contributed by atoms with van der Waals surface area (Å²) in [5.41, 5.74) is 3.06. The van der Waals surface area contributed by atoms with Crippen LogP contribution in [0.5, 0.6) is 17.2 Å². The molecule has 1 aromatic heterocycles. The number of amides is 2. The van der Waals surface area contributed by atoms with E-state index in [-0.39, 0.29) is 25.2 Å². The number of fused-ring (bicyclic) bond motifs is 1. The number of furan rings is 1. The van der Waals surface area contributed by atoms with Crippen LogP contribution in [0, 0.1) is 6.92 Å². The summed E-state index contributed by atoms with van der Waals surface area (Å²) in [6, 6.07) is 22.6. The Morgan fingerprint density at radius 1 is 1.00 bits per heavy atom. The first-order chi connectivity index (χ1) is 19.0. The number of hydrogen-bond acceptors (Lipinski definition) is 6. The van der Waals surface area contributed by atoms with E-state index in [1.165, 1.54) is 11.0 Å². The summed E-state index contributed by atoms with van der Waals surface area (Å²) in [4.78, 5) is 29.0. The second-order valence-electron chi connectivity index (χ2n) is 9.02. The van der Waals surface area contributed by atoms with Gasteiger partial charge < -0.3 is 28.8 Å². The van der Waals surface area contributed by atoms with E-state index in [0.717, 1.165) is 11.1 Å². The number of carbonyl (C=O) groups excluding carboxylic acids is 2. The van der Waals surface area contributed by atoms with Crippen molar-refractivity contribution in [3.05, 3.63) is 114 Å². The van der Waals surface area contributed by atoms with Crippen molar-refractivity contribution >= 4 is 23.6 Å². The number of hydrogen-bond donors (Lipinski definition) is 1. The number of carbonyl (C=O) groups is 2. The summed E-state index contributed by atoms with van der Waals surface area (Å²) in [6.07, 6.45) is 4.67. The van der Waals surface area contributed by atoms with Gasteiger partial charge in [0.15, 0.2) is 11.5 Å². The molecule has 1 N–H and O–H groups in total. The van der Waals surface area contributed by atoms with E-state index in [1.54, 1.807) is 68.0 Å². The third-order valence-electron chi connectivity index (χ3n) is 6.32. The van der Waals surface area contributed by atoms with Crippen LogP contribution < -0.4 is 19.5 Å². The van der Waals surface area contributed by atoms with Crippen molar-refractivity contribution in [1.29, 1.82) is 0 Å². The van der Waals surface area contributed by atoms with Gasteiger partial charge in [-0.25, -0.2) is 0 Å². The van der Waals surface area contributed by atoms with E-state index in [2.05, 4.69) is 5.32 Å². The molecule has 2 amide bonds. The largest absolute Gasteiger partial charge is 0.497 e. The van der Waals surface area contributed by atoms with Crippen LogP contribution in [-0.4, -0.2) is 30.6 Å². The first-order valence-electron chi connectivity index (χ1n) is 12.4. The normalized spacial score (nSPS) is 12.8. The van der Waals surface area contributed by atoms with Crippen LogP contribution in [-0.2, 0) is 16.1 Å². The maximum absolute atomic E-state index is 13.8. The van der Waals surface area contributed by atoms with E-state index in [1.807, 2.05) is 37.3 Å². The molecule has 5 rings (SSSR count). The van der Waals surface area contributed by atoms with Gasteiger partial charge in [0.1, 0.15) is 17.6 Å². The molecule has 8 nitrogen and oxygen atoms in total. The average Bonchev–Trinajstić information content (AvgIpc) is 3.64. The number of benzene rings is 3. The Morgan fingerprint density at radius 2 is 1.77 bits per heavy atom. The van der Waals surface area contributed by atoms with Gasteiger partial charge in [0, 0.05) is 11.8 Å². The fourth-order valence-corrected chi connectivity index (χ4v) is 4.25. The molecule has 0 bridgehead atoms. The molecule has 0 radical (unpaired) electrons. The summed E-state index contributed by atoms with van der Waals surface area (Å²) in [7, 11) is 1.58. The molecule has 8 heteroatoms. The van der Waals surface area contributed by atoms with Crippen LogP contribution in [0.2, 0.25) is 0 Å². The van der Waals surface area contributed by atoms with Gasteiger partial charge in [-0.3, -0.25) is 9.59 Å². The second-order valence-corrected chi connectivity index (χ2v) is 9.02. The fourth-order valence-electron chi connectivity index (χ4n) is 4.25. The fraction of sp³-hybridized carbons (Fsp3) is 0.161. The first kappa shape index (κ1) is 25.7. The quantitative estimate of drug-likeness (QED) is 0.281. The highest BCUT2D eigenvalue weighted by molar-refractivity contribution is 6.00. The molecule has 3 aromatic carbocycles. The van der Waals surface area contributed by atoms with Crippen LogP contribution in [0.1, 0.15) is 28.5 Å². The SMILES string of the molecule is COc1ccc(NC(=O)[C@H](c2ccc(C)cc2)N(Cc2ccco2)C(=O)/C=C/c2ccc3c(c2)OCO3)cc1. The van der Waals surface area contributed by atoms with Crippen LogP contribution in [0.15, 0.2) is 95.6 Å². The Morgan fingerprint density at radius 3 is 2.49 bits per heavy atom. The van der Waals surface area contributed by atoms with Crippen LogP contribution in [0.25, 0.3) is 6.08 Å². The molecular formula is C31H28N2O6. The summed E-state index contributed by atoms with van der Waals surface area (Å²) < 4.78 is 21.6. The van der Waals surface area contributed by atoms with Gasteiger partial charge in [0.25, 0.3) is 5.91 Å². The van der Waals surface area contributed by atoms with E-state index in [9.17, 15) is 9.59 Å². The zero-order valence-corrected chi connectivity index (χ0v) is 21.6. The molecule has 0 saturated heterocycles. The first-order valence-corrected chi connectivity index (χ1v) is 12.4. The number of methoxy groups -OCH3 is 1. The highest BCUT2D eigenvalue weighted by atomic mass is 16.7. The molecule has 1 atom stereocenters. The minimum Gasteiger partial charge on any atom is -0.497 e. The molecule has 4 aromatic rings. The molecule has 39 heavy (non-hydrogen) atoms. The van der Waals surface area contributed by atoms with Gasteiger partial charge in [-0.1, -0.05) is 35.9 Å². The maximum Gasteiger partial charge on any atom is 0.251 e. The highest BCUT2D eigenvalue weighted by Crippen LogP contribution is 2.33. The Bertz CT molecular complexity index is 1460. The number of rotatable bonds is 9. The van der Waals surface area contributed by atoms with Crippen molar-refractivity contribution in [1.82, 2.24) is 4.90 Å². The highest BCUT2D eigenvalue weighted by Gasteiger charge is 2.31. The van der Waals surface area contributed by atoms with Crippen molar-refractivity contribution in [2.45, 2.75) is 19.5 Å². The van der Waals surface area contributed by atoms with Gasteiger partial charge in [-0.15, -0.1) is 0 Å². The topological polar surface area (TPSA) is 90.2 Å². The summed E-state index contributed by atoms with van der Waals surface area (Å²) in [6.45, 7) is 2.22. The molecule has 198 valence electrons. The monoisotopic (exact) mass is 524 g/mol. The number of anilines is 1. The van der Waals surface area contributed by atoms with Gasteiger partial charge in [-0.2, -0.15) is 0 Å². The number of nitrogens with zero attached hydrogens (tertiary/aromatic N) is 1. The standard InChI is InChI=1S/C31H28N2O6/c1-21-5-9-23(10-6-21)30(31(35)32-24-11-13-25(36-2)14-12-24)33(19-26-4-3-17-37-26)29(34)16-8-22-7-15-27-28(18-22)39-20-38-27/h3-18,30H,19-20H2,1-2H3,(H,32,35)/b16-8+/t30-/m0/s1. The van der Waals surface area contributed by atoms with Gasteiger partial charge in [0.2, 0.25) is 12.7 Å². The molecule has 1 aliphatic rings. The third kappa shape index (κ3) is 6.13. The maximum atomic E-state index is 13.8. The third-order valence-corrected chi connectivity index (χ3v) is 6.32.